The van der Waals surface area contributed by atoms with Gasteiger partial charge < -0.3 is 15.3 Å². The van der Waals surface area contributed by atoms with Crippen LogP contribution in [0.1, 0.15) is 60.8 Å². The number of aromatic nitrogens is 4. The molecule has 1 aliphatic heterocycles. The zero-order valence-electron chi connectivity index (χ0n) is 21.6. The van der Waals surface area contributed by atoms with Gasteiger partial charge in [0.1, 0.15) is 6.33 Å². The second kappa shape index (κ2) is 9.93. The summed E-state index contributed by atoms with van der Waals surface area (Å²) in [6, 6.07) is 6.27. The molecule has 3 N–H and O–H groups in total. The first-order valence-electron chi connectivity index (χ1n) is 12.6. The molecule has 4 heterocycles. The van der Waals surface area contributed by atoms with Crippen molar-refractivity contribution in [3.8, 4) is 11.3 Å². The molecule has 1 unspecified atom stereocenters. The highest BCUT2D eigenvalue weighted by Crippen LogP contribution is 2.42. The van der Waals surface area contributed by atoms with E-state index in [1.807, 2.05) is 26.1 Å². The van der Waals surface area contributed by atoms with Gasteiger partial charge in [-0.2, -0.15) is 9.83 Å². The van der Waals surface area contributed by atoms with E-state index in [4.69, 9.17) is 10.4 Å². The number of aryl methyl sites for hydroxylation is 1. The van der Waals surface area contributed by atoms with Crippen molar-refractivity contribution in [2.24, 2.45) is 5.73 Å². The molecule has 10 nitrogen and oxygen atoms in total. The largest absolute Gasteiger partial charge is 0.384 e. The van der Waals surface area contributed by atoms with E-state index < -0.39 is 8.25 Å². The Bertz CT molecular complexity index is 1520. The van der Waals surface area contributed by atoms with Gasteiger partial charge in [0.25, 0.3) is 0 Å². The molecule has 37 heavy (non-hydrogen) atoms. The van der Waals surface area contributed by atoms with Gasteiger partial charge in [0.05, 0.1) is 17.8 Å². The van der Waals surface area contributed by atoms with Gasteiger partial charge in [0, 0.05) is 17.1 Å². The number of piperidine rings is 1. The number of primary amides is 1. The van der Waals surface area contributed by atoms with Crippen molar-refractivity contribution in [3.63, 3.8) is 0 Å². The third-order valence-corrected chi connectivity index (χ3v) is 7.89. The van der Waals surface area contributed by atoms with Gasteiger partial charge in [-0.15, -0.1) is 0 Å². The van der Waals surface area contributed by atoms with Crippen molar-refractivity contribution < 1.29 is 18.9 Å². The topological polar surface area (TPSA) is 128 Å². The highest BCUT2D eigenvalue weighted by molar-refractivity contribution is 7.32. The summed E-state index contributed by atoms with van der Waals surface area (Å²) in [5.41, 5.74) is 12.8. The normalized spacial score (nSPS) is 16.2. The van der Waals surface area contributed by atoms with Crippen LogP contribution in [0.4, 0.5) is 0 Å². The van der Waals surface area contributed by atoms with Crippen LogP contribution in [0.3, 0.4) is 0 Å². The van der Waals surface area contributed by atoms with Crippen molar-refractivity contribution in [1.29, 1.82) is 0 Å². The Morgan fingerprint density at radius 3 is 2.62 bits per heavy atom. The van der Waals surface area contributed by atoms with Crippen molar-refractivity contribution in [2.75, 3.05) is 19.6 Å². The van der Waals surface area contributed by atoms with Crippen molar-refractivity contribution in [1.82, 2.24) is 24.2 Å². The third kappa shape index (κ3) is 4.65. The zero-order chi connectivity index (χ0) is 26.4. The summed E-state index contributed by atoms with van der Waals surface area (Å²) in [4.78, 5) is 27.6. The van der Waals surface area contributed by atoms with E-state index in [1.54, 1.807) is 4.52 Å². The molecule has 0 aliphatic carbocycles. The number of fused-ring (bicyclic) bond motifs is 2. The van der Waals surface area contributed by atoms with E-state index in [-0.39, 0.29) is 11.8 Å². The smallest absolute Gasteiger partial charge is 0.369 e. The fraction of sp³-hybridized carbons (Fsp3) is 0.423. The molecule has 1 fully saturated rings. The zero-order valence-corrected chi connectivity index (χ0v) is 22.6. The number of rotatable bonds is 7. The number of carbonyl (C=O) groups is 1. The van der Waals surface area contributed by atoms with Crippen LogP contribution in [0.25, 0.3) is 27.8 Å². The van der Waals surface area contributed by atoms with Gasteiger partial charge in [-0.1, -0.05) is 19.9 Å². The van der Waals surface area contributed by atoms with Crippen LogP contribution in [0, 0.1) is 13.8 Å². The van der Waals surface area contributed by atoms with Crippen molar-refractivity contribution in [3.05, 3.63) is 53.0 Å². The van der Waals surface area contributed by atoms with Crippen molar-refractivity contribution >= 4 is 30.7 Å². The van der Waals surface area contributed by atoms with E-state index in [2.05, 4.69) is 41.0 Å². The quantitative estimate of drug-likeness (QED) is 0.354. The summed E-state index contributed by atoms with van der Waals surface area (Å²) in [7, 11) is -3.28. The van der Waals surface area contributed by atoms with Crippen LogP contribution in [0.5, 0.6) is 0 Å². The number of amides is 1. The van der Waals surface area contributed by atoms with Gasteiger partial charge in [0.2, 0.25) is 5.91 Å². The number of likely N-dealkylation sites (tertiary alicyclic amines) is 1. The van der Waals surface area contributed by atoms with Gasteiger partial charge >= 0.3 is 8.25 Å². The first kappa shape index (κ1) is 25.4. The molecule has 1 atom stereocenters. The second-order valence-electron chi connectivity index (χ2n) is 10.2. The maximum absolute atomic E-state index is 12.0. The average molecular weight is 525 g/mol. The van der Waals surface area contributed by atoms with Gasteiger partial charge in [-0.3, -0.25) is 9.69 Å². The molecule has 1 aromatic carbocycles. The lowest BCUT2D eigenvalue weighted by atomic mass is 9.87. The summed E-state index contributed by atoms with van der Waals surface area (Å²) in [5.74, 6) is 0.170. The molecule has 1 saturated heterocycles. The Hall–Kier alpha value is -3.20. The standard InChI is InChI=1S/C26H33N6O4P/c1-15(2)24-20-11-19(18-7-9-30(10-8-18)13-23(27)33)5-6-22(20)32(36-37(34)35)25(24)21-12-31-26(28-14-29-31)17(4)16(21)3/h5-6,11-12,14-15,18,37H,7-10,13H2,1-4H3,(H2,27,33)(H,34,35). The number of hydrogen-bond acceptors (Lipinski definition) is 6. The molecule has 3 aromatic heterocycles. The highest BCUT2D eigenvalue weighted by Gasteiger charge is 2.27. The first-order chi connectivity index (χ1) is 17.7. The number of pyridine rings is 1. The van der Waals surface area contributed by atoms with Crippen LogP contribution in [0.2, 0.25) is 0 Å². The summed E-state index contributed by atoms with van der Waals surface area (Å²) >= 11 is 0. The lowest BCUT2D eigenvalue weighted by molar-refractivity contribution is -0.119. The SMILES string of the molecule is Cc1c(-c2c(C(C)C)c3cc(C4CCN(CC(N)=O)CC4)ccc3n2O[PH](=O)O)cn2ncnc2c1C. The van der Waals surface area contributed by atoms with E-state index in [0.717, 1.165) is 70.4 Å². The summed E-state index contributed by atoms with van der Waals surface area (Å²) in [6.07, 6.45) is 5.31. The minimum atomic E-state index is -3.28. The Labute approximate surface area is 215 Å². The number of hydrogen-bond donors (Lipinski definition) is 2. The Balaban J connectivity index is 1.67. The number of benzene rings is 1. The Morgan fingerprint density at radius 1 is 1.24 bits per heavy atom. The van der Waals surface area contributed by atoms with Gasteiger partial charge in [0.15, 0.2) is 5.65 Å². The lowest BCUT2D eigenvalue weighted by Crippen LogP contribution is -2.39. The molecule has 0 saturated carbocycles. The van der Waals surface area contributed by atoms with Crippen LogP contribution in [0.15, 0.2) is 30.7 Å². The molecule has 0 bridgehead atoms. The molecular formula is C26H33N6O4P. The first-order valence-corrected chi connectivity index (χ1v) is 13.8. The van der Waals surface area contributed by atoms with Gasteiger partial charge in [-0.05, 0) is 86.0 Å². The van der Waals surface area contributed by atoms with Gasteiger partial charge in [-0.25, -0.2) is 14.1 Å². The maximum Gasteiger partial charge on any atom is 0.384 e. The Morgan fingerprint density at radius 2 is 1.97 bits per heavy atom. The fourth-order valence-electron chi connectivity index (χ4n) is 5.66. The molecule has 1 aliphatic rings. The molecule has 196 valence electrons. The number of nitrogens with zero attached hydrogens (tertiary/aromatic N) is 5. The van der Waals surface area contributed by atoms with Crippen LogP contribution in [-0.4, -0.2) is 54.7 Å². The fourth-order valence-corrected chi connectivity index (χ4v) is 6.00. The minimum absolute atomic E-state index is 0.113. The highest BCUT2D eigenvalue weighted by atomic mass is 31.1. The predicted molar refractivity (Wildman–Crippen MR) is 143 cm³/mol. The molecular weight excluding hydrogens is 491 g/mol. The minimum Gasteiger partial charge on any atom is -0.369 e. The number of nitrogens with two attached hydrogens (primary N) is 1. The van der Waals surface area contributed by atoms with E-state index in [1.165, 1.54) is 16.6 Å². The molecule has 5 rings (SSSR count). The predicted octanol–water partition coefficient (Wildman–Crippen LogP) is 3.57. The molecule has 0 spiro atoms. The van der Waals surface area contributed by atoms with Crippen LogP contribution < -0.4 is 10.4 Å². The van der Waals surface area contributed by atoms with Crippen LogP contribution >= 0.6 is 8.25 Å². The second-order valence-corrected chi connectivity index (χ2v) is 10.9. The van der Waals surface area contributed by atoms with E-state index in [0.29, 0.717) is 12.5 Å². The van der Waals surface area contributed by atoms with E-state index >= 15 is 0 Å². The molecule has 4 aromatic rings. The third-order valence-electron chi connectivity index (χ3n) is 7.55. The average Bonchev–Trinajstić information content (AvgIpc) is 3.44. The number of carbonyl (C=O) groups excluding carboxylic acids is 1. The van der Waals surface area contributed by atoms with Crippen molar-refractivity contribution in [2.45, 2.75) is 52.4 Å². The lowest BCUT2D eigenvalue weighted by Gasteiger charge is -2.31. The molecule has 11 heteroatoms. The summed E-state index contributed by atoms with van der Waals surface area (Å²) in [6.45, 7) is 10.2. The summed E-state index contributed by atoms with van der Waals surface area (Å²) in [5, 5.41) is 5.34. The summed E-state index contributed by atoms with van der Waals surface area (Å²) < 4.78 is 20.8. The maximum atomic E-state index is 12.0. The molecule has 0 radical (unpaired) electrons. The van der Waals surface area contributed by atoms with Crippen LogP contribution in [-0.2, 0) is 9.36 Å². The monoisotopic (exact) mass is 524 g/mol. The Kier molecular flexibility index (Phi) is 6.83. The van der Waals surface area contributed by atoms with E-state index in [9.17, 15) is 14.3 Å². The molecule has 1 amide bonds.